The lowest BCUT2D eigenvalue weighted by Gasteiger charge is -2.32. The average molecular weight is 526 g/mol. The number of nitrogens with zero attached hydrogens (tertiary/aromatic N) is 3. The predicted octanol–water partition coefficient (Wildman–Crippen LogP) is 7.98. The largest absolute Gasteiger partial charge is 0.382 e. The van der Waals surface area contributed by atoms with E-state index in [2.05, 4.69) is 73.9 Å². The Morgan fingerprint density at radius 1 is 1.11 bits per heavy atom. The van der Waals surface area contributed by atoms with E-state index in [1.165, 1.54) is 94.0 Å². The van der Waals surface area contributed by atoms with Crippen molar-refractivity contribution >= 4 is 29.2 Å². The fourth-order valence-corrected chi connectivity index (χ4v) is 3.82. The van der Waals surface area contributed by atoms with Crippen molar-refractivity contribution in [3.63, 3.8) is 0 Å². The number of benzene rings is 1. The summed E-state index contributed by atoms with van der Waals surface area (Å²) in [6.45, 7) is 15.9. The van der Waals surface area contributed by atoms with E-state index < -0.39 is 0 Å². The van der Waals surface area contributed by atoms with Crippen LogP contribution in [0.5, 0.6) is 0 Å². The molecule has 0 bridgehead atoms. The standard InChI is InChI=1S/C21H33N.C4H6N4.C3H6.C2H4O.C2H6/c1-6-8-18(10-9-16(3)7-2)19-11-12-21-20(14-19)13-17(4)15-22(21)5;5-3-1-7-4(6)2-8-3;1-2-3-1;1-2-3;1-2/h10-12,14,16-17H,6-9,13,15H2,1-5H3;1-2H,(H2,6,7)(H2,5,8);1-3H2;2H,1H3;1-2H3/b18-10+;;;;/t16?,17-;;;;/m1..../s1. The summed E-state index contributed by atoms with van der Waals surface area (Å²) in [5.41, 5.74) is 16.4. The van der Waals surface area contributed by atoms with E-state index in [-0.39, 0.29) is 0 Å². The van der Waals surface area contributed by atoms with Gasteiger partial charge in [-0.3, -0.25) is 0 Å². The molecule has 6 heteroatoms. The van der Waals surface area contributed by atoms with Crippen LogP contribution in [0, 0.1) is 11.8 Å². The summed E-state index contributed by atoms with van der Waals surface area (Å²) in [5.74, 6) is 2.32. The second-order valence-corrected chi connectivity index (χ2v) is 9.92. The van der Waals surface area contributed by atoms with Gasteiger partial charge in [-0.25, -0.2) is 9.97 Å². The van der Waals surface area contributed by atoms with Crippen molar-refractivity contribution in [2.24, 2.45) is 11.8 Å². The highest BCUT2D eigenvalue weighted by Crippen LogP contribution is 2.32. The van der Waals surface area contributed by atoms with E-state index in [1.807, 2.05) is 13.8 Å². The predicted molar refractivity (Wildman–Crippen MR) is 167 cm³/mol. The summed E-state index contributed by atoms with van der Waals surface area (Å²) in [6, 6.07) is 7.13. The molecule has 0 radical (unpaired) electrons. The molecular weight excluding hydrogens is 470 g/mol. The van der Waals surface area contributed by atoms with Gasteiger partial charge in [0, 0.05) is 19.3 Å². The molecule has 4 rings (SSSR count). The zero-order chi connectivity index (χ0) is 28.9. The summed E-state index contributed by atoms with van der Waals surface area (Å²) >= 11 is 0. The molecule has 2 atom stereocenters. The fourth-order valence-electron chi connectivity index (χ4n) is 3.82. The molecule has 1 saturated carbocycles. The molecule has 6 nitrogen and oxygen atoms in total. The minimum atomic E-state index is 0.388. The van der Waals surface area contributed by atoms with Crippen molar-refractivity contribution in [3.05, 3.63) is 47.8 Å². The number of carbonyl (C=O) groups excluding carboxylic acids is 1. The number of carbonyl (C=O) groups is 1. The van der Waals surface area contributed by atoms with Gasteiger partial charge in [0.1, 0.15) is 17.9 Å². The maximum atomic E-state index is 8.81. The van der Waals surface area contributed by atoms with Crippen LogP contribution < -0.4 is 16.4 Å². The Morgan fingerprint density at radius 2 is 1.66 bits per heavy atom. The zero-order valence-corrected chi connectivity index (χ0v) is 25.5. The van der Waals surface area contributed by atoms with Crippen molar-refractivity contribution in [1.82, 2.24) is 9.97 Å². The quantitative estimate of drug-likeness (QED) is 0.371. The first-order valence-electron chi connectivity index (χ1n) is 14.5. The van der Waals surface area contributed by atoms with Crippen molar-refractivity contribution in [2.75, 3.05) is 30.0 Å². The normalized spacial score (nSPS) is 15.8. The number of hydrogen-bond donors (Lipinski definition) is 2. The van der Waals surface area contributed by atoms with Gasteiger partial charge in [-0.2, -0.15) is 0 Å². The number of fused-ring (bicyclic) bond motifs is 1. The highest BCUT2D eigenvalue weighted by molar-refractivity contribution is 5.70. The number of aromatic nitrogens is 2. The molecule has 2 aliphatic rings. The molecule has 1 aromatic heterocycles. The molecule has 38 heavy (non-hydrogen) atoms. The van der Waals surface area contributed by atoms with Gasteiger partial charge in [0.15, 0.2) is 0 Å². The van der Waals surface area contributed by atoms with E-state index in [4.69, 9.17) is 16.3 Å². The lowest BCUT2D eigenvalue weighted by molar-refractivity contribution is -0.106. The van der Waals surface area contributed by atoms with Crippen LogP contribution in [0.15, 0.2) is 36.7 Å². The number of allylic oxidation sites excluding steroid dienone is 2. The molecule has 1 aliphatic heterocycles. The molecule has 0 spiro atoms. The first-order valence-corrected chi connectivity index (χ1v) is 14.5. The molecule has 4 N–H and O–H groups in total. The van der Waals surface area contributed by atoms with Crippen LogP contribution >= 0.6 is 0 Å². The van der Waals surface area contributed by atoms with E-state index in [9.17, 15) is 0 Å². The number of anilines is 3. The van der Waals surface area contributed by atoms with Gasteiger partial charge >= 0.3 is 0 Å². The second-order valence-electron chi connectivity index (χ2n) is 9.92. The van der Waals surface area contributed by atoms with Crippen LogP contribution in [-0.4, -0.2) is 29.8 Å². The van der Waals surface area contributed by atoms with E-state index in [1.54, 1.807) is 5.57 Å². The number of rotatable bonds is 6. The Morgan fingerprint density at radius 3 is 2.11 bits per heavy atom. The smallest absolute Gasteiger partial charge is 0.142 e. The van der Waals surface area contributed by atoms with Crippen LogP contribution in [0.1, 0.15) is 105 Å². The highest BCUT2D eigenvalue weighted by atomic mass is 16.1. The molecule has 1 unspecified atom stereocenters. The third kappa shape index (κ3) is 15.4. The first kappa shape index (κ1) is 35.1. The van der Waals surface area contributed by atoms with Gasteiger partial charge < -0.3 is 21.2 Å². The van der Waals surface area contributed by atoms with Gasteiger partial charge in [-0.15, -0.1) is 0 Å². The van der Waals surface area contributed by atoms with Crippen molar-refractivity contribution in [3.8, 4) is 0 Å². The highest BCUT2D eigenvalue weighted by Gasteiger charge is 2.19. The number of aldehydes is 1. The van der Waals surface area contributed by atoms with Crippen molar-refractivity contribution in [2.45, 2.75) is 99.8 Å². The molecule has 0 saturated heterocycles. The zero-order valence-electron chi connectivity index (χ0n) is 25.5. The van der Waals surface area contributed by atoms with Gasteiger partial charge in [-0.05, 0) is 66.9 Å². The lowest BCUT2D eigenvalue weighted by Crippen LogP contribution is -2.30. The summed E-state index contributed by atoms with van der Waals surface area (Å²) in [7, 11) is 2.22. The van der Waals surface area contributed by atoms with Gasteiger partial charge in [-0.1, -0.05) is 85.8 Å². The average Bonchev–Trinajstić information content (AvgIpc) is 3.79. The Bertz CT molecular complexity index is 885. The number of nitrogen functional groups attached to an aromatic ring is 2. The van der Waals surface area contributed by atoms with E-state index in [0.29, 0.717) is 11.6 Å². The Labute approximate surface area is 233 Å². The van der Waals surface area contributed by atoms with Gasteiger partial charge in [0.2, 0.25) is 0 Å². The second kappa shape index (κ2) is 21.1. The SMILES string of the molecule is C1CC1.CC.CC=O.CCC/C(=C\CC(C)CC)c1ccc2c(c1)C[C@@H](C)CN2C.Nc1cnc(N)cn1. The van der Waals surface area contributed by atoms with Crippen LogP contribution in [0.25, 0.3) is 5.57 Å². The third-order valence-electron chi connectivity index (χ3n) is 6.04. The van der Waals surface area contributed by atoms with E-state index in [0.717, 1.165) is 18.1 Å². The fraction of sp³-hybridized carbons (Fsp3) is 0.594. The van der Waals surface area contributed by atoms with Gasteiger partial charge in [0.05, 0.1) is 12.4 Å². The maximum absolute atomic E-state index is 8.81. The topological polar surface area (TPSA) is 98.1 Å². The van der Waals surface area contributed by atoms with Crippen LogP contribution in [0.4, 0.5) is 17.3 Å². The Hall–Kier alpha value is -2.89. The minimum absolute atomic E-state index is 0.388. The third-order valence-corrected chi connectivity index (χ3v) is 6.04. The van der Waals surface area contributed by atoms with Crippen molar-refractivity contribution in [1.29, 1.82) is 0 Å². The molecule has 2 aromatic rings. The summed E-state index contributed by atoms with van der Waals surface area (Å²) in [6.07, 6.45) is 16.7. The molecule has 2 heterocycles. The van der Waals surface area contributed by atoms with E-state index >= 15 is 0 Å². The first-order chi connectivity index (χ1) is 18.2. The minimum Gasteiger partial charge on any atom is -0.382 e. The molecular formula is C32H55N5O. The van der Waals surface area contributed by atoms with Crippen molar-refractivity contribution < 1.29 is 4.79 Å². The molecule has 1 aromatic carbocycles. The number of hydrogen-bond acceptors (Lipinski definition) is 6. The van der Waals surface area contributed by atoms with Gasteiger partial charge in [0.25, 0.3) is 0 Å². The lowest BCUT2D eigenvalue weighted by atomic mass is 9.90. The Balaban J connectivity index is 0.000000694. The Kier molecular flexibility index (Phi) is 19.5. The van der Waals surface area contributed by atoms with Crippen LogP contribution in [0.2, 0.25) is 0 Å². The monoisotopic (exact) mass is 525 g/mol. The molecule has 0 amide bonds. The molecule has 214 valence electrons. The number of nitrogens with two attached hydrogens (primary N) is 2. The molecule has 1 fully saturated rings. The summed E-state index contributed by atoms with van der Waals surface area (Å²) in [5, 5.41) is 0. The summed E-state index contributed by atoms with van der Waals surface area (Å²) < 4.78 is 0. The molecule has 1 aliphatic carbocycles. The maximum Gasteiger partial charge on any atom is 0.142 e. The van der Waals surface area contributed by atoms with Crippen LogP contribution in [0.3, 0.4) is 0 Å². The summed E-state index contributed by atoms with van der Waals surface area (Å²) in [4.78, 5) is 18.6. The van der Waals surface area contributed by atoms with Crippen LogP contribution in [-0.2, 0) is 11.2 Å².